The number of amides is 1. The Bertz CT molecular complexity index is 917. The minimum atomic E-state index is -0.0644. The SMILES string of the molecule is Cc1ccc2nc(CNC(=O)Cc3ccc4c(c3)OCO4)[nH]c2c1. The van der Waals surface area contributed by atoms with E-state index in [0.717, 1.165) is 28.2 Å². The molecule has 122 valence electrons. The standard InChI is InChI=1S/C18H17N3O3/c1-11-2-4-13-14(6-11)21-17(20-13)9-19-18(22)8-12-3-5-15-16(7-12)24-10-23-15/h2-7H,8-10H2,1H3,(H,19,22)(H,20,21). The highest BCUT2D eigenvalue weighted by molar-refractivity contribution is 5.79. The van der Waals surface area contributed by atoms with Crippen LogP contribution >= 0.6 is 0 Å². The molecule has 1 aliphatic heterocycles. The molecule has 0 atom stereocenters. The van der Waals surface area contributed by atoms with Gasteiger partial charge in [0.2, 0.25) is 12.7 Å². The maximum atomic E-state index is 12.1. The first-order valence-electron chi connectivity index (χ1n) is 7.78. The van der Waals surface area contributed by atoms with Gasteiger partial charge in [-0.25, -0.2) is 4.98 Å². The third-order valence-electron chi connectivity index (χ3n) is 3.94. The van der Waals surface area contributed by atoms with Crippen molar-refractivity contribution in [3.05, 3.63) is 53.3 Å². The van der Waals surface area contributed by atoms with E-state index in [1.54, 1.807) is 0 Å². The fourth-order valence-electron chi connectivity index (χ4n) is 2.74. The number of hydrogen-bond acceptors (Lipinski definition) is 4. The van der Waals surface area contributed by atoms with Crippen molar-refractivity contribution >= 4 is 16.9 Å². The fraction of sp³-hybridized carbons (Fsp3) is 0.222. The zero-order chi connectivity index (χ0) is 16.5. The highest BCUT2D eigenvalue weighted by atomic mass is 16.7. The summed E-state index contributed by atoms with van der Waals surface area (Å²) in [5.74, 6) is 2.09. The molecule has 6 heteroatoms. The molecule has 1 amide bonds. The van der Waals surface area contributed by atoms with Gasteiger partial charge in [0.05, 0.1) is 24.0 Å². The van der Waals surface area contributed by atoms with Gasteiger partial charge >= 0.3 is 0 Å². The largest absolute Gasteiger partial charge is 0.454 e. The summed E-state index contributed by atoms with van der Waals surface area (Å²) in [6.45, 7) is 2.64. The highest BCUT2D eigenvalue weighted by Gasteiger charge is 2.14. The van der Waals surface area contributed by atoms with Gasteiger partial charge < -0.3 is 19.8 Å². The molecule has 0 bridgehead atoms. The first-order valence-corrected chi connectivity index (χ1v) is 7.78. The number of nitrogens with one attached hydrogen (secondary N) is 2. The number of imidazole rings is 1. The summed E-state index contributed by atoms with van der Waals surface area (Å²) in [4.78, 5) is 19.8. The van der Waals surface area contributed by atoms with E-state index in [1.165, 1.54) is 5.56 Å². The number of ether oxygens (including phenoxy) is 2. The van der Waals surface area contributed by atoms with E-state index < -0.39 is 0 Å². The second kappa shape index (κ2) is 5.88. The first kappa shape index (κ1) is 14.6. The lowest BCUT2D eigenvalue weighted by molar-refractivity contribution is -0.120. The molecule has 2 aromatic carbocycles. The van der Waals surface area contributed by atoms with Gasteiger partial charge in [0, 0.05) is 0 Å². The van der Waals surface area contributed by atoms with Crippen LogP contribution in [0.1, 0.15) is 17.0 Å². The topological polar surface area (TPSA) is 76.2 Å². The quantitative estimate of drug-likeness (QED) is 0.773. The zero-order valence-electron chi connectivity index (χ0n) is 13.3. The molecule has 3 aromatic rings. The predicted octanol–water partition coefficient (Wildman–Crippen LogP) is 2.46. The van der Waals surface area contributed by atoms with Crippen LogP contribution in [-0.4, -0.2) is 22.7 Å². The first-order chi connectivity index (χ1) is 11.7. The minimum Gasteiger partial charge on any atom is -0.454 e. The normalized spacial score (nSPS) is 12.5. The van der Waals surface area contributed by atoms with Gasteiger partial charge in [0.15, 0.2) is 11.5 Å². The van der Waals surface area contributed by atoms with Gasteiger partial charge in [0.1, 0.15) is 5.82 Å². The van der Waals surface area contributed by atoms with Gasteiger partial charge in [0.25, 0.3) is 0 Å². The average Bonchev–Trinajstić information content (AvgIpc) is 3.18. The summed E-state index contributed by atoms with van der Waals surface area (Å²) in [6.07, 6.45) is 0.288. The van der Waals surface area contributed by atoms with E-state index >= 15 is 0 Å². The Morgan fingerprint density at radius 1 is 1.21 bits per heavy atom. The lowest BCUT2D eigenvalue weighted by atomic mass is 10.1. The van der Waals surface area contributed by atoms with Crippen LogP contribution in [0, 0.1) is 6.92 Å². The van der Waals surface area contributed by atoms with Crippen molar-refractivity contribution < 1.29 is 14.3 Å². The van der Waals surface area contributed by atoms with Crippen LogP contribution in [0.5, 0.6) is 11.5 Å². The summed E-state index contributed by atoms with van der Waals surface area (Å²) in [5, 5.41) is 2.89. The van der Waals surface area contributed by atoms with Crippen molar-refractivity contribution in [3.8, 4) is 11.5 Å². The van der Waals surface area contributed by atoms with Gasteiger partial charge in [-0.2, -0.15) is 0 Å². The minimum absolute atomic E-state index is 0.0644. The lowest BCUT2D eigenvalue weighted by Gasteiger charge is -2.04. The van der Waals surface area contributed by atoms with E-state index in [0.29, 0.717) is 12.3 Å². The van der Waals surface area contributed by atoms with E-state index in [1.807, 2.05) is 43.3 Å². The average molecular weight is 323 g/mol. The molecule has 1 aliphatic rings. The van der Waals surface area contributed by atoms with Crippen molar-refractivity contribution in [1.82, 2.24) is 15.3 Å². The molecule has 2 N–H and O–H groups in total. The number of aromatic nitrogens is 2. The number of benzene rings is 2. The third kappa shape index (κ3) is 2.90. The molecule has 0 fully saturated rings. The van der Waals surface area contributed by atoms with Gasteiger partial charge in [-0.3, -0.25) is 4.79 Å². The Hall–Kier alpha value is -3.02. The molecular weight excluding hydrogens is 306 g/mol. The molecule has 0 saturated carbocycles. The molecule has 24 heavy (non-hydrogen) atoms. The monoisotopic (exact) mass is 323 g/mol. The van der Waals surface area contributed by atoms with Crippen LogP contribution in [-0.2, 0) is 17.8 Å². The van der Waals surface area contributed by atoms with Crippen LogP contribution in [0.2, 0.25) is 0 Å². The van der Waals surface area contributed by atoms with E-state index in [4.69, 9.17) is 9.47 Å². The predicted molar refractivity (Wildman–Crippen MR) is 88.9 cm³/mol. The van der Waals surface area contributed by atoms with E-state index in [9.17, 15) is 4.79 Å². The van der Waals surface area contributed by atoms with Crippen molar-refractivity contribution in [2.24, 2.45) is 0 Å². The number of aryl methyl sites for hydroxylation is 1. The highest BCUT2D eigenvalue weighted by Crippen LogP contribution is 2.32. The maximum Gasteiger partial charge on any atom is 0.231 e. The number of hydrogen-bond donors (Lipinski definition) is 2. The molecule has 0 saturated heterocycles. The molecule has 1 aromatic heterocycles. The molecular formula is C18H17N3O3. The van der Waals surface area contributed by atoms with Crippen molar-refractivity contribution in [2.75, 3.05) is 6.79 Å². The molecule has 0 aliphatic carbocycles. The van der Waals surface area contributed by atoms with E-state index in [2.05, 4.69) is 15.3 Å². The van der Waals surface area contributed by atoms with Crippen LogP contribution in [0.15, 0.2) is 36.4 Å². The summed E-state index contributed by atoms with van der Waals surface area (Å²) >= 11 is 0. The Labute approximate surface area is 138 Å². The number of H-pyrrole nitrogens is 1. The summed E-state index contributed by atoms with van der Waals surface area (Å²) in [7, 11) is 0. The zero-order valence-corrected chi connectivity index (χ0v) is 13.3. The lowest BCUT2D eigenvalue weighted by Crippen LogP contribution is -2.25. The number of nitrogens with zero attached hydrogens (tertiary/aromatic N) is 1. The van der Waals surface area contributed by atoms with Crippen LogP contribution < -0.4 is 14.8 Å². The number of fused-ring (bicyclic) bond motifs is 2. The van der Waals surface area contributed by atoms with Gasteiger partial charge in [-0.05, 0) is 42.3 Å². The Morgan fingerprint density at radius 3 is 3.00 bits per heavy atom. The van der Waals surface area contributed by atoms with E-state index in [-0.39, 0.29) is 19.1 Å². The Balaban J connectivity index is 1.39. The molecule has 0 spiro atoms. The van der Waals surface area contributed by atoms with Gasteiger partial charge in [-0.15, -0.1) is 0 Å². The second-order valence-electron chi connectivity index (χ2n) is 5.85. The van der Waals surface area contributed by atoms with Crippen LogP contribution in [0.3, 0.4) is 0 Å². The second-order valence-corrected chi connectivity index (χ2v) is 5.85. The summed E-state index contributed by atoms with van der Waals surface area (Å²) in [5.41, 5.74) is 3.94. The van der Waals surface area contributed by atoms with Crippen molar-refractivity contribution in [3.63, 3.8) is 0 Å². The fourth-order valence-corrected chi connectivity index (χ4v) is 2.74. The molecule has 0 radical (unpaired) electrons. The summed E-state index contributed by atoms with van der Waals surface area (Å²) in [6, 6.07) is 11.6. The van der Waals surface area contributed by atoms with Crippen LogP contribution in [0.25, 0.3) is 11.0 Å². The molecule has 0 unspecified atom stereocenters. The Morgan fingerprint density at radius 2 is 2.08 bits per heavy atom. The third-order valence-corrected chi connectivity index (χ3v) is 3.94. The summed E-state index contributed by atoms with van der Waals surface area (Å²) < 4.78 is 10.6. The van der Waals surface area contributed by atoms with Gasteiger partial charge in [-0.1, -0.05) is 12.1 Å². The smallest absolute Gasteiger partial charge is 0.231 e. The van der Waals surface area contributed by atoms with Crippen molar-refractivity contribution in [1.29, 1.82) is 0 Å². The Kier molecular flexibility index (Phi) is 3.57. The molecule has 2 heterocycles. The molecule has 6 nitrogen and oxygen atoms in total. The number of rotatable bonds is 4. The number of carbonyl (C=O) groups excluding carboxylic acids is 1. The molecule has 4 rings (SSSR count). The van der Waals surface area contributed by atoms with Crippen molar-refractivity contribution in [2.45, 2.75) is 19.9 Å². The maximum absolute atomic E-state index is 12.1. The number of aromatic amines is 1. The number of carbonyl (C=O) groups is 1. The van der Waals surface area contributed by atoms with Crippen LogP contribution in [0.4, 0.5) is 0 Å².